The molecule has 6 atom stereocenters. The molecule has 0 radical (unpaired) electrons. The molecule has 5 rings (SSSR count). The number of aliphatic hydroxyl groups excluding tert-OH is 1. The standard InChI is InChI=1S/C26H29F3N10O10P2S/c1-13(2)22(41)36-25-35-21-18(23(42)37-25)33-12-39(21)24-19(49-50(43)44)17(27)15(48-24)8-46-51(52,45-5-4-30-3)47-10-26(28,29)9-38-16(7-40)34-14-6-31-11-32-20(14)38/h6,11-13,15,17,19,24,40H,4-5,7-10H2,1-2H3,(H2-,35,36,37,41,42,43,44)/p+1/t15-,17-,19-,24-,51?/m1/s1. The average Bonchev–Trinajstić information content (AvgIpc) is 3.76. The topological polar surface area (TPSA) is 244 Å². The van der Waals surface area contributed by atoms with Crippen LogP contribution in [-0.2, 0) is 57.1 Å². The summed E-state index contributed by atoms with van der Waals surface area (Å²) in [6.07, 6.45) is -3.92. The van der Waals surface area contributed by atoms with Crippen LogP contribution in [0.4, 0.5) is 19.1 Å². The molecule has 1 saturated heterocycles. The zero-order valence-electron chi connectivity index (χ0n) is 27.0. The summed E-state index contributed by atoms with van der Waals surface area (Å²) in [5.74, 6) is -5.06. The van der Waals surface area contributed by atoms with Crippen molar-refractivity contribution < 1.29 is 55.4 Å². The normalized spacial score (nSPS) is 20.7. The maximum absolute atomic E-state index is 15.9. The van der Waals surface area contributed by atoms with E-state index in [1.165, 1.54) is 6.20 Å². The van der Waals surface area contributed by atoms with Crippen molar-refractivity contribution in [3.8, 4) is 0 Å². The van der Waals surface area contributed by atoms with Gasteiger partial charge in [0.1, 0.15) is 43.6 Å². The van der Waals surface area contributed by atoms with E-state index in [-0.39, 0.29) is 40.6 Å². The van der Waals surface area contributed by atoms with Gasteiger partial charge in [-0.2, -0.15) is 4.98 Å². The predicted octanol–water partition coefficient (Wildman–Crippen LogP) is 2.15. The van der Waals surface area contributed by atoms with Crippen molar-refractivity contribution in [2.75, 3.05) is 31.7 Å². The Kier molecular flexibility index (Phi) is 12.4. The van der Waals surface area contributed by atoms with Gasteiger partial charge in [0.2, 0.25) is 18.4 Å². The van der Waals surface area contributed by atoms with Crippen molar-refractivity contribution >= 4 is 61.0 Å². The highest BCUT2D eigenvalue weighted by Crippen LogP contribution is 2.52. The van der Waals surface area contributed by atoms with Gasteiger partial charge in [-0.05, 0) is 11.8 Å². The second-order valence-corrected chi connectivity index (χ2v) is 15.0. The zero-order valence-corrected chi connectivity index (χ0v) is 29.6. The largest absolute Gasteiger partial charge is 0.695 e. The Balaban J connectivity index is 1.35. The van der Waals surface area contributed by atoms with Gasteiger partial charge in [0.25, 0.3) is 11.5 Å². The Labute approximate surface area is 296 Å². The van der Waals surface area contributed by atoms with Gasteiger partial charge in [0, 0.05) is 10.5 Å². The number of aliphatic hydroxyl groups is 1. The lowest BCUT2D eigenvalue weighted by atomic mass is 10.1. The molecule has 280 valence electrons. The van der Waals surface area contributed by atoms with Gasteiger partial charge in [-0.3, -0.25) is 24.5 Å². The van der Waals surface area contributed by atoms with E-state index in [4.69, 9.17) is 41.2 Å². The summed E-state index contributed by atoms with van der Waals surface area (Å²) < 4.78 is 87.2. The molecule has 4 aromatic rings. The first kappa shape index (κ1) is 39.3. The molecular formula is C26H30F3N10O10P2S+. The number of rotatable bonds is 17. The van der Waals surface area contributed by atoms with Gasteiger partial charge < -0.3 is 32.8 Å². The molecule has 1 fully saturated rings. The first-order valence-corrected chi connectivity index (χ1v) is 18.7. The first-order chi connectivity index (χ1) is 24.6. The van der Waals surface area contributed by atoms with Crippen LogP contribution in [0.1, 0.15) is 25.9 Å². The molecule has 20 nitrogen and oxygen atoms in total. The summed E-state index contributed by atoms with van der Waals surface area (Å²) in [4.78, 5) is 59.8. The summed E-state index contributed by atoms with van der Waals surface area (Å²) in [5, 5.41) is 12.1. The van der Waals surface area contributed by atoms with Crippen molar-refractivity contribution in [2.24, 2.45) is 5.92 Å². The van der Waals surface area contributed by atoms with Gasteiger partial charge in [-0.15, -0.1) is 9.42 Å². The molecule has 0 saturated carbocycles. The molecule has 0 spiro atoms. The number of aromatic amines is 1. The van der Waals surface area contributed by atoms with Gasteiger partial charge in [-0.25, -0.2) is 39.7 Å². The van der Waals surface area contributed by atoms with Crippen LogP contribution in [0.2, 0.25) is 0 Å². The number of imidazole rings is 2. The lowest BCUT2D eigenvalue weighted by Gasteiger charge is -2.26. The van der Waals surface area contributed by atoms with Crippen LogP contribution in [0.25, 0.3) is 27.2 Å². The Morgan fingerprint density at radius 2 is 2.06 bits per heavy atom. The van der Waals surface area contributed by atoms with E-state index in [9.17, 15) is 24.2 Å². The van der Waals surface area contributed by atoms with Crippen molar-refractivity contribution in [3.05, 3.63) is 46.4 Å². The number of hydrogen-bond acceptors (Lipinski definition) is 15. The lowest BCUT2D eigenvalue weighted by molar-refractivity contribution is -0.118. The minimum absolute atomic E-state index is 0.0213. The molecule has 1 aliphatic heterocycles. The quantitative estimate of drug-likeness (QED) is 0.0680. The highest BCUT2D eigenvalue weighted by atomic mass is 32.5. The third-order valence-corrected chi connectivity index (χ3v) is 10.0. The predicted molar refractivity (Wildman–Crippen MR) is 175 cm³/mol. The lowest BCUT2D eigenvalue weighted by Crippen LogP contribution is -2.32. The molecule has 1 amide bonds. The molecule has 2 unspecified atom stereocenters. The molecule has 0 bridgehead atoms. The van der Waals surface area contributed by atoms with Crippen LogP contribution in [0.15, 0.2) is 23.6 Å². The van der Waals surface area contributed by atoms with Crippen molar-refractivity contribution in [1.29, 1.82) is 0 Å². The summed E-state index contributed by atoms with van der Waals surface area (Å²) in [5.41, 5.74) is -1.08. The molecule has 1 aliphatic rings. The van der Waals surface area contributed by atoms with Gasteiger partial charge >= 0.3 is 15.0 Å². The highest BCUT2D eigenvalue weighted by molar-refractivity contribution is 8.07. The molecule has 0 aromatic carbocycles. The third kappa shape index (κ3) is 9.00. The number of aromatic nitrogens is 8. The monoisotopic (exact) mass is 793 g/mol. The molecule has 52 heavy (non-hydrogen) atoms. The number of ether oxygens (including phenoxy) is 1. The second kappa shape index (κ2) is 16.4. The number of amides is 1. The number of fused-ring (bicyclic) bond motifs is 2. The van der Waals surface area contributed by atoms with Crippen LogP contribution >= 0.6 is 15.0 Å². The zero-order chi connectivity index (χ0) is 37.8. The minimum Gasteiger partial charge on any atom is -0.388 e. The van der Waals surface area contributed by atoms with Crippen LogP contribution in [0, 0.1) is 12.5 Å². The Morgan fingerprint density at radius 1 is 1.29 bits per heavy atom. The Hall–Kier alpha value is -3.88. The molecule has 26 heteroatoms. The highest BCUT2D eigenvalue weighted by Gasteiger charge is 2.52. The van der Waals surface area contributed by atoms with Crippen molar-refractivity contribution in [2.45, 2.75) is 57.5 Å². The molecule has 4 N–H and O–H groups in total. The second-order valence-electron chi connectivity index (χ2n) is 11.3. The van der Waals surface area contributed by atoms with Crippen LogP contribution in [0.3, 0.4) is 0 Å². The molecule has 0 aliphatic carbocycles. The van der Waals surface area contributed by atoms with Gasteiger partial charge in [0.05, 0.1) is 25.7 Å². The van der Waals surface area contributed by atoms with E-state index in [1.807, 2.05) is 0 Å². The van der Waals surface area contributed by atoms with Crippen LogP contribution in [0.5, 0.6) is 0 Å². The van der Waals surface area contributed by atoms with Crippen LogP contribution in [-0.4, -0.2) is 106 Å². The maximum Gasteiger partial charge on any atom is 0.695 e. The number of carbonyl (C=O) groups is 1. The molecule has 4 aromatic heterocycles. The number of carbonyl (C=O) groups excluding carboxylic acids is 1. The first-order valence-electron chi connectivity index (χ1n) is 15.1. The molecular weight excluding hydrogens is 763 g/mol. The fraction of sp³-hybridized carbons (Fsp3) is 0.538. The van der Waals surface area contributed by atoms with E-state index in [1.54, 1.807) is 13.8 Å². The Bertz CT molecular complexity index is 2100. The van der Waals surface area contributed by atoms with E-state index < -0.39 is 95.9 Å². The number of anilines is 1. The third-order valence-electron chi connectivity index (χ3n) is 7.25. The van der Waals surface area contributed by atoms with E-state index in [2.05, 4.69) is 40.1 Å². The van der Waals surface area contributed by atoms with Crippen molar-refractivity contribution in [3.63, 3.8) is 0 Å². The Morgan fingerprint density at radius 3 is 2.75 bits per heavy atom. The summed E-state index contributed by atoms with van der Waals surface area (Å²) >= 11 is 5.32. The number of H-pyrrole nitrogens is 1. The average molecular weight is 794 g/mol. The maximum atomic E-state index is 15.9. The van der Waals surface area contributed by atoms with E-state index >= 15 is 13.2 Å². The van der Waals surface area contributed by atoms with Crippen LogP contribution < -0.4 is 10.9 Å². The number of nitrogens with zero attached hydrogens (tertiary/aromatic N) is 8. The SMILES string of the molecule is [C-]#[N+]CCOP(=S)(OC[C@H]1O[C@@H](n2cnc3c(=O)[nH]c(NC(=O)C(C)C)nc32)[C@H](O[P+](=O)O)[C@@H]1F)OCC(F)(F)Cn1c(CO)nc2cncnc21. The number of nitrogens with one attached hydrogen (secondary N) is 2. The number of alkyl halides is 3. The minimum atomic E-state index is -4.18. The summed E-state index contributed by atoms with van der Waals surface area (Å²) in [6, 6.07) is 0. The van der Waals surface area contributed by atoms with E-state index in [0.717, 1.165) is 21.8 Å². The smallest absolute Gasteiger partial charge is 0.388 e. The summed E-state index contributed by atoms with van der Waals surface area (Å²) in [7, 11) is -3.42. The fourth-order valence-corrected chi connectivity index (χ4v) is 7.04. The van der Waals surface area contributed by atoms with Gasteiger partial charge in [0.15, 0.2) is 35.3 Å². The molecule has 5 heterocycles. The summed E-state index contributed by atoms with van der Waals surface area (Å²) in [6.45, 7) is 1.39. The number of hydrogen-bond donors (Lipinski definition) is 4. The van der Waals surface area contributed by atoms with Gasteiger partial charge in [-0.1, -0.05) is 13.8 Å². The van der Waals surface area contributed by atoms with Crippen molar-refractivity contribution in [1.82, 2.24) is 39.0 Å². The fourth-order valence-electron chi connectivity index (χ4n) is 4.84. The van der Waals surface area contributed by atoms with E-state index in [0.29, 0.717) is 0 Å². The number of halogens is 3.